The first-order valence-corrected chi connectivity index (χ1v) is 10.4. The zero-order chi connectivity index (χ0) is 20.4. The second-order valence-corrected chi connectivity index (χ2v) is 7.71. The molecule has 0 saturated heterocycles. The molecule has 1 N–H and O–H groups in total. The number of thioether (sulfide) groups is 1. The van der Waals surface area contributed by atoms with Gasteiger partial charge in [-0.05, 0) is 63.1 Å². The normalized spacial score (nSPS) is 12.0. The smallest absolute Gasteiger partial charge is 0.253 e. The van der Waals surface area contributed by atoms with Gasteiger partial charge in [0.05, 0.1) is 24.7 Å². The van der Waals surface area contributed by atoms with Gasteiger partial charge in [0.1, 0.15) is 0 Å². The highest BCUT2D eigenvalue weighted by molar-refractivity contribution is 8.00. The van der Waals surface area contributed by atoms with E-state index in [4.69, 9.17) is 9.47 Å². The Labute approximate surface area is 171 Å². The van der Waals surface area contributed by atoms with Gasteiger partial charge in [-0.3, -0.25) is 4.79 Å². The molecular formula is C22H28N2O3S. The minimum atomic E-state index is -0.247. The van der Waals surface area contributed by atoms with E-state index in [1.54, 1.807) is 6.21 Å². The van der Waals surface area contributed by atoms with Crippen molar-refractivity contribution in [2.45, 2.75) is 44.3 Å². The molecule has 0 heterocycles. The lowest BCUT2D eigenvalue weighted by atomic mass is 10.2. The first-order chi connectivity index (χ1) is 13.5. The number of carbonyl (C=O) groups excluding carboxylic acids is 1. The summed E-state index contributed by atoms with van der Waals surface area (Å²) in [5, 5.41) is 3.83. The van der Waals surface area contributed by atoms with Crippen LogP contribution in [0.3, 0.4) is 0 Å². The molecule has 2 aromatic carbocycles. The van der Waals surface area contributed by atoms with E-state index in [1.807, 2.05) is 63.2 Å². The second-order valence-electron chi connectivity index (χ2n) is 6.30. The molecule has 0 aliphatic heterocycles. The molecule has 0 saturated carbocycles. The number of hydrogen-bond acceptors (Lipinski definition) is 5. The third-order valence-corrected chi connectivity index (χ3v) is 4.93. The monoisotopic (exact) mass is 400 g/mol. The molecule has 1 atom stereocenters. The van der Waals surface area contributed by atoms with Crippen molar-refractivity contribution < 1.29 is 14.3 Å². The van der Waals surface area contributed by atoms with Gasteiger partial charge in [0.25, 0.3) is 5.91 Å². The van der Waals surface area contributed by atoms with Crippen molar-refractivity contribution in [2.75, 3.05) is 13.2 Å². The number of rotatable bonds is 10. The number of nitrogens with one attached hydrogen (secondary N) is 1. The van der Waals surface area contributed by atoms with E-state index in [0.717, 1.165) is 16.9 Å². The van der Waals surface area contributed by atoms with Gasteiger partial charge in [-0.2, -0.15) is 5.10 Å². The van der Waals surface area contributed by atoms with Gasteiger partial charge >= 0.3 is 0 Å². The molecule has 2 aromatic rings. The van der Waals surface area contributed by atoms with Crippen LogP contribution in [0.2, 0.25) is 0 Å². The molecule has 0 aliphatic carbocycles. The number of hydrogen-bond donors (Lipinski definition) is 1. The molecule has 0 radical (unpaired) electrons. The third kappa shape index (κ3) is 6.93. The molecule has 0 spiro atoms. The molecule has 2 rings (SSSR count). The largest absolute Gasteiger partial charge is 0.490 e. The quantitative estimate of drug-likeness (QED) is 0.353. The molecule has 0 aliphatic rings. The average Bonchev–Trinajstić information content (AvgIpc) is 2.69. The maximum absolute atomic E-state index is 12.3. The summed E-state index contributed by atoms with van der Waals surface area (Å²) in [6.07, 6.45) is 2.53. The Morgan fingerprint density at radius 2 is 1.89 bits per heavy atom. The van der Waals surface area contributed by atoms with E-state index >= 15 is 0 Å². The topological polar surface area (TPSA) is 59.9 Å². The van der Waals surface area contributed by atoms with Crippen molar-refractivity contribution in [3.8, 4) is 11.5 Å². The molecule has 6 heteroatoms. The van der Waals surface area contributed by atoms with Crippen LogP contribution in [-0.2, 0) is 4.79 Å². The highest BCUT2D eigenvalue weighted by atomic mass is 32.2. The number of amides is 1. The summed E-state index contributed by atoms with van der Waals surface area (Å²) in [5.41, 5.74) is 4.62. The number of aryl methyl sites for hydroxylation is 1. The summed E-state index contributed by atoms with van der Waals surface area (Å²) < 4.78 is 11.3. The van der Waals surface area contributed by atoms with Crippen LogP contribution in [0.1, 0.15) is 38.3 Å². The van der Waals surface area contributed by atoms with Crippen molar-refractivity contribution in [3.63, 3.8) is 0 Å². The highest BCUT2D eigenvalue weighted by Crippen LogP contribution is 2.28. The Morgan fingerprint density at radius 1 is 1.14 bits per heavy atom. The maximum Gasteiger partial charge on any atom is 0.253 e. The van der Waals surface area contributed by atoms with Crippen LogP contribution in [0, 0.1) is 6.92 Å². The molecule has 150 valence electrons. The van der Waals surface area contributed by atoms with Crippen LogP contribution in [0.5, 0.6) is 11.5 Å². The van der Waals surface area contributed by atoms with Crippen LogP contribution in [-0.4, -0.2) is 30.6 Å². The molecular weight excluding hydrogens is 372 g/mol. The zero-order valence-electron chi connectivity index (χ0n) is 16.9. The number of benzene rings is 2. The lowest BCUT2D eigenvalue weighted by molar-refractivity contribution is -0.120. The Bertz CT molecular complexity index is 791. The van der Waals surface area contributed by atoms with Gasteiger partial charge in [0.15, 0.2) is 11.5 Å². The van der Waals surface area contributed by atoms with Gasteiger partial charge in [-0.25, -0.2) is 5.43 Å². The SMILES string of the molecule is CCCOc1ccc(/C=N\NC(=O)[C@@H](C)Sc2ccc(C)cc2)cc1OCC. The summed E-state index contributed by atoms with van der Waals surface area (Å²) in [5.74, 6) is 1.25. The number of nitrogens with zero attached hydrogens (tertiary/aromatic N) is 1. The maximum atomic E-state index is 12.3. The molecule has 0 bridgehead atoms. The van der Waals surface area contributed by atoms with Gasteiger partial charge in [0, 0.05) is 4.90 Å². The molecule has 0 fully saturated rings. The molecule has 28 heavy (non-hydrogen) atoms. The van der Waals surface area contributed by atoms with Crippen LogP contribution in [0.25, 0.3) is 0 Å². The van der Waals surface area contributed by atoms with Crippen molar-refractivity contribution in [2.24, 2.45) is 5.10 Å². The van der Waals surface area contributed by atoms with Gasteiger partial charge < -0.3 is 9.47 Å². The predicted molar refractivity (Wildman–Crippen MR) is 116 cm³/mol. The van der Waals surface area contributed by atoms with Gasteiger partial charge in [-0.15, -0.1) is 11.8 Å². The lowest BCUT2D eigenvalue weighted by Gasteiger charge is -2.12. The van der Waals surface area contributed by atoms with Gasteiger partial charge in [-0.1, -0.05) is 24.6 Å². The second kappa shape index (κ2) is 11.4. The minimum Gasteiger partial charge on any atom is -0.490 e. The first kappa shape index (κ1) is 21.8. The summed E-state index contributed by atoms with van der Waals surface area (Å²) in [7, 11) is 0. The van der Waals surface area contributed by atoms with Gasteiger partial charge in [0.2, 0.25) is 0 Å². The van der Waals surface area contributed by atoms with Crippen molar-refractivity contribution in [3.05, 3.63) is 53.6 Å². The fourth-order valence-corrected chi connectivity index (χ4v) is 3.20. The predicted octanol–water partition coefficient (Wildman–Crippen LogP) is 4.81. The van der Waals surface area contributed by atoms with E-state index in [9.17, 15) is 4.79 Å². The summed E-state index contributed by atoms with van der Waals surface area (Å²) in [4.78, 5) is 13.3. The van der Waals surface area contributed by atoms with E-state index < -0.39 is 0 Å². The van der Waals surface area contributed by atoms with E-state index in [-0.39, 0.29) is 11.2 Å². The summed E-state index contributed by atoms with van der Waals surface area (Å²) in [6.45, 7) is 9.08. The Kier molecular flexibility index (Phi) is 8.88. The van der Waals surface area contributed by atoms with E-state index in [2.05, 4.69) is 17.5 Å². The van der Waals surface area contributed by atoms with Crippen LogP contribution >= 0.6 is 11.8 Å². The Morgan fingerprint density at radius 3 is 2.57 bits per heavy atom. The molecule has 0 unspecified atom stereocenters. The van der Waals surface area contributed by atoms with Crippen molar-refractivity contribution in [1.29, 1.82) is 0 Å². The summed E-state index contributed by atoms with van der Waals surface area (Å²) in [6, 6.07) is 13.7. The Hall–Kier alpha value is -2.47. The third-order valence-electron chi connectivity index (χ3n) is 3.82. The molecule has 0 aromatic heterocycles. The van der Waals surface area contributed by atoms with Crippen LogP contribution in [0.4, 0.5) is 0 Å². The first-order valence-electron chi connectivity index (χ1n) is 9.49. The molecule has 5 nitrogen and oxygen atoms in total. The number of ether oxygens (including phenoxy) is 2. The average molecular weight is 401 g/mol. The minimum absolute atomic E-state index is 0.144. The molecule has 1 amide bonds. The van der Waals surface area contributed by atoms with Crippen LogP contribution < -0.4 is 14.9 Å². The number of carbonyl (C=O) groups is 1. The van der Waals surface area contributed by atoms with Crippen LogP contribution in [0.15, 0.2) is 52.5 Å². The Balaban J connectivity index is 1.94. The fourth-order valence-electron chi connectivity index (χ4n) is 2.34. The fraction of sp³-hybridized carbons (Fsp3) is 0.364. The van der Waals surface area contributed by atoms with Crippen molar-refractivity contribution >= 4 is 23.9 Å². The van der Waals surface area contributed by atoms with Crippen molar-refractivity contribution in [1.82, 2.24) is 5.43 Å². The number of hydrazone groups is 1. The van der Waals surface area contributed by atoms with E-state index in [1.165, 1.54) is 17.3 Å². The standard InChI is InChI=1S/C22H28N2O3S/c1-5-13-27-20-12-9-18(14-21(20)26-6-2)15-23-24-22(25)17(4)28-19-10-7-16(3)8-11-19/h7-12,14-15,17H,5-6,13H2,1-4H3,(H,24,25)/b23-15-/t17-/m1/s1. The summed E-state index contributed by atoms with van der Waals surface area (Å²) >= 11 is 1.50. The zero-order valence-corrected chi connectivity index (χ0v) is 17.7. The lowest BCUT2D eigenvalue weighted by Crippen LogP contribution is -2.26. The van der Waals surface area contributed by atoms with E-state index in [0.29, 0.717) is 24.7 Å². The highest BCUT2D eigenvalue weighted by Gasteiger charge is 2.13.